The lowest BCUT2D eigenvalue weighted by Crippen LogP contribution is -2.11. The van der Waals surface area contributed by atoms with Crippen LogP contribution < -0.4 is 5.73 Å². The lowest BCUT2D eigenvalue weighted by molar-refractivity contribution is 0.276. The molecule has 0 aliphatic carbocycles. The fourth-order valence-electron chi connectivity index (χ4n) is 1.79. The second-order valence-corrected chi connectivity index (χ2v) is 4.15. The Balaban J connectivity index is 0.00000162. The molecule has 1 aromatic carbocycles. The second-order valence-electron chi connectivity index (χ2n) is 4.15. The van der Waals surface area contributed by atoms with Gasteiger partial charge in [0.1, 0.15) is 11.5 Å². The number of aliphatic hydroxyl groups is 1. The molecule has 1 aromatic heterocycles. The summed E-state index contributed by atoms with van der Waals surface area (Å²) in [7, 11) is 0. The van der Waals surface area contributed by atoms with Crippen LogP contribution in [0.25, 0.3) is 11.3 Å². The summed E-state index contributed by atoms with van der Waals surface area (Å²) in [6.07, 6.45) is 0.583. The molecule has 0 fully saturated rings. The summed E-state index contributed by atoms with van der Waals surface area (Å²) in [5.41, 5.74) is 7.99. The smallest absolute Gasteiger partial charge is 0.134 e. The van der Waals surface area contributed by atoms with E-state index in [4.69, 9.17) is 15.3 Å². The minimum Gasteiger partial charge on any atom is -0.461 e. The Hall–Kier alpha value is -1.29. The van der Waals surface area contributed by atoms with Crippen LogP contribution in [0.3, 0.4) is 0 Å². The van der Waals surface area contributed by atoms with Gasteiger partial charge in [0.25, 0.3) is 0 Å². The highest BCUT2D eigenvalue weighted by atomic mass is 35.5. The van der Waals surface area contributed by atoms with Crippen molar-refractivity contribution in [2.24, 2.45) is 5.73 Å². The van der Waals surface area contributed by atoms with E-state index in [1.807, 2.05) is 43.3 Å². The number of benzene rings is 1. The van der Waals surface area contributed by atoms with E-state index < -0.39 is 0 Å². The molecule has 18 heavy (non-hydrogen) atoms. The number of halogens is 1. The van der Waals surface area contributed by atoms with Crippen molar-refractivity contribution in [1.82, 2.24) is 0 Å². The fourth-order valence-corrected chi connectivity index (χ4v) is 1.79. The third-order valence-electron chi connectivity index (χ3n) is 2.80. The summed E-state index contributed by atoms with van der Waals surface area (Å²) in [5.74, 6) is 1.77. The molecule has 0 aliphatic rings. The normalized spacial score (nSPS) is 11.9. The van der Waals surface area contributed by atoms with E-state index in [1.165, 1.54) is 0 Å². The van der Waals surface area contributed by atoms with Crippen molar-refractivity contribution in [3.63, 3.8) is 0 Å². The summed E-state index contributed by atoms with van der Waals surface area (Å²) < 4.78 is 5.55. The number of nitrogens with two attached hydrogens (primary N) is 1. The molecule has 1 heterocycles. The van der Waals surface area contributed by atoms with Crippen LogP contribution in [0.4, 0.5) is 0 Å². The fraction of sp³-hybridized carbons (Fsp3) is 0.286. The standard InChI is InChI=1S/C14H17NO2.ClH/c1-10-2-7-14(17-10)12-5-3-11(4-6-12)13(15)8-9-16;/h2-7,13,16H,8-9,15H2,1H3;1H. The van der Waals surface area contributed by atoms with Crippen molar-refractivity contribution >= 4 is 12.4 Å². The SMILES string of the molecule is Cc1ccc(-c2ccc(C(N)CCO)cc2)o1.Cl. The first kappa shape index (κ1) is 14.8. The molecule has 0 spiro atoms. The van der Waals surface area contributed by atoms with Crippen LogP contribution in [0, 0.1) is 6.92 Å². The molecule has 3 nitrogen and oxygen atoms in total. The van der Waals surface area contributed by atoms with Crippen LogP contribution in [0.5, 0.6) is 0 Å². The van der Waals surface area contributed by atoms with E-state index in [0.717, 1.165) is 22.6 Å². The van der Waals surface area contributed by atoms with Gasteiger partial charge in [0.05, 0.1) is 0 Å². The van der Waals surface area contributed by atoms with Crippen LogP contribution in [-0.4, -0.2) is 11.7 Å². The highest BCUT2D eigenvalue weighted by molar-refractivity contribution is 5.85. The van der Waals surface area contributed by atoms with Crippen LogP contribution in [0.1, 0.15) is 23.8 Å². The number of aliphatic hydroxyl groups excluding tert-OH is 1. The Morgan fingerprint density at radius 1 is 1.17 bits per heavy atom. The summed E-state index contributed by atoms with van der Waals surface area (Å²) in [5, 5.41) is 8.84. The molecular formula is C14H18ClNO2. The Bertz CT molecular complexity index is 479. The summed E-state index contributed by atoms with van der Waals surface area (Å²) >= 11 is 0. The highest BCUT2D eigenvalue weighted by Crippen LogP contribution is 2.24. The van der Waals surface area contributed by atoms with Gasteiger partial charge in [-0.05, 0) is 31.0 Å². The van der Waals surface area contributed by atoms with Gasteiger partial charge in [-0.1, -0.05) is 24.3 Å². The Kier molecular flexibility index (Phi) is 5.41. The first-order valence-corrected chi connectivity index (χ1v) is 5.74. The number of aryl methyl sites for hydroxylation is 1. The maximum absolute atomic E-state index is 8.84. The summed E-state index contributed by atoms with van der Waals surface area (Å²) in [6.45, 7) is 2.04. The first-order chi connectivity index (χ1) is 8.20. The largest absolute Gasteiger partial charge is 0.461 e. The molecule has 0 saturated heterocycles. The molecule has 1 unspecified atom stereocenters. The molecule has 0 radical (unpaired) electrons. The molecule has 0 bridgehead atoms. The number of hydrogen-bond acceptors (Lipinski definition) is 3. The Morgan fingerprint density at radius 3 is 2.33 bits per heavy atom. The van der Waals surface area contributed by atoms with Gasteiger partial charge in [0.2, 0.25) is 0 Å². The van der Waals surface area contributed by atoms with E-state index in [0.29, 0.717) is 6.42 Å². The maximum Gasteiger partial charge on any atom is 0.134 e. The van der Waals surface area contributed by atoms with Gasteiger partial charge in [-0.25, -0.2) is 0 Å². The van der Waals surface area contributed by atoms with Crippen LogP contribution >= 0.6 is 12.4 Å². The van der Waals surface area contributed by atoms with Gasteiger partial charge < -0.3 is 15.3 Å². The van der Waals surface area contributed by atoms with Crippen molar-refractivity contribution in [3.8, 4) is 11.3 Å². The van der Waals surface area contributed by atoms with Crippen molar-refractivity contribution in [2.75, 3.05) is 6.61 Å². The maximum atomic E-state index is 8.84. The van der Waals surface area contributed by atoms with Gasteiger partial charge in [-0.3, -0.25) is 0 Å². The quantitative estimate of drug-likeness (QED) is 0.895. The van der Waals surface area contributed by atoms with Crippen molar-refractivity contribution < 1.29 is 9.52 Å². The van der Waals surface area contributed by atoms with Crippen LogP contribution in [-0.2, 0) is 0 Å². The van der Waals surface area contributed by atoms with Gasteiger partial charge in [0.15, 0.2) is 0 Å². The molecule has 2 rings (SSSR count). The minimum absolute atomic E-state index is 0. The third kappa shape index (κ3) is 3.35. The van der Waals surface area contributed by atoms with Crippen molar-refractivity contribution in [3.05, 3.63) is 47.7 Å². The predicted octanol–water partition coefficient (Wildman–Crippen LogP) is 3.06. The molecule has 0 aliphatic heterocycles. The molecule has 0 amide bonds. The lowest BCUT2D eigenvalue weighted by Gasteiger charge is -2.10. The van der Waals surface area contributed by atoms with E-state index in [-0.39, 0.29) is 25.1 Å². The first-order valence-electron chi connectivity index (χ1n) is 5.74. The zero-order valence-electron chi connectivity index (χ0n) is 10.3. The van der Waals surface area contributed by atoms with Crippen molar-refractivity contribution in [1.29, 1.82) is 0 Å². The topological polar surface area (TPSA) is 59.4 Å². The zero-order valence-corrected chi connectivity index (χ0v) is 11.1. The molecule has 0 saturated carbocycles. The van der Waals surface area contributed by atoms with E-state index in [2.05, 4.69) is 0 Å². The summed E-state index contributed by atoms with van der Waals surface area (Å²) in [4.78, 5) is 0. The molecule has 2 aromatic rings. The van der Waals surface area contributed by atoms with Crippen molar-refractivity contribution in [2.45, 2.75) is 19.4 Å². The van der Waals surface area contributed by atoms with E-state index in [9.17, 15) is 0 Å². The zero-order chi connectivity index (χ0) is 12.3. The molecular weight excluding hydrogens is 250 g/mol. The van der Waals surface area contributed by atoms with Crippen LogP contribution in [0.15, 0.2) is 40.8 Å². The summed E-state index contributed by atoms with van der Waals surface area (Å²) in [6, 6.07) is 11.7. The molecule has 1 atom stereocenters. The lowest BCUT2D eigenvalue weighted by atomic mass is 10.0. The molecule has 3 N–H and O–H groups in total. The van der Waals surface area contributed by atoms with Gasteiger partial charge in [-0.2, -0.15) is 0 Å². The third-order valence-corrected chi connectivity index (χ3v) is 2.80. The minimum atomic E-state index is -0.104. The number of furan rings is 1. The van der Waals surface area contributed by atoms with E-state index >= 15 is 0 Å². The number of hydrogen-bond donors (Lipinski definition) is 2. The second kappa shape index (κ2) is 6.59. The van der Waals surface area contributed by atoms with Gasteiger partial charge >= 0.3 is 0 Å². The average Bonchev–Trinajstić information content (AvgIpc) is 2.76. The van der Waals surface area contributed by atoms with Crippen LogP contribution in [0.2, 0.25) is 0 Å². The monoisotopic (exact) mass is 267 g/mol. The van der Waals surface area contributed by atoms with Gasteiger partial charge in [-0.15, -0.1) is 12.4 Å². The molecule has 98 valence electrons. The Morgan fingerprint density at radius 2 is 1.83 bits per heavy atom. The van der Waals surface area contributed by atoms with E-state index in [1.54, 1.807) is 0 Å². The highest BCUT2D eigenvalue weighted by Gasteiger charge is 2.06. The average molecular weight is 268 g/mol. The van der Waals surface area contributed by atoms with Gasteiger partial charge in [0, 0.05) is 18.2 Å². The number of rotatable bonds is 4. The Labute approximate surface area is 113 Å². The predicted molar refractivity (Wildman–Crippen MR) is 74.8 cm³/mol. The molecule has 4 heteroatoms.